The number of halogens is 1. The number of ketones is 1. The van der Waals surface area contributed by atoms with E-state index in [1.54, 1.807) is 25.3 Å². The molecule has 3 heteroatoms. The first-order valence-electron chi connectivity index (χ1n) is 7.02. The lowest BCUT2D eigenvalue weighted by Gasteiger charge is -2.04. The van der Waals surface area contributed by atoms with Crippen LogP contribution < -0.4 is 0 Å². The van der Waals surface area contributed by atoms with Gasteiger partial charge in [-0.25, -0.2) is 4.39 Å². The summed E-state index contributed by atoms with van der Waals surface area (Å²) in [5.74, 6) is -0.723. The summed E-state index contributed by atoms with van der Waals surface area (Å²) < 4.78 is 14.2. The zero-order chi connectivity index (χ0) is 15.0. The minimum atomic E-state index is -0.441. The highest BCUT2D eigenvalue weighted by atomic mass is 19.1. The first kappa shape index (κ1) is 13.6. The second-order valence-corrected chi connectivity index (χ2v) is 5.16. The van der Waals surface area contributed by atoms with Crippen LogP contribution >= 0.6 is 0 Å². The Hall–Kier alpha value is -2.42. The van der Waals surface area contributed by atoms with Crippen LogP contribution in [0, 0.1) is 12.7 Å². The van der Waals surface area contributed by atoms with Gasteiger partial charge >= 0.3 is 0 Å². The molecule has 0 aliphatic carbocycles. The lowest BCUT2D eigenvalue weighted by atomic mass is 9.99. The van der Waals surface area contributed by atoms with Gasteiger partial charge in [-0.2, -0.15) is 0 Å². The van der Waals surface area contributed by atoms with Crippen molar-refractivity contribution in [3.8, 4) is 0 Å². The third kappa shape index (κ3) is 2.15. The summed E-state index contributed by atoms with van der Waals surface area (Å²) in [7, 11) is 0. The van der Waals surface area contributed by atoms with Crippen LogP contribution in [0.3, 0.4) is 0 Å². The second-order valence-electron chi connectivity index (χ2n) is 5.16. The van der Waals surface area contributed by atoms with Crippen LogP contribution in [-0.4, -0.2) is 10.8 Å². The van der Waals surface area contributed by atoms with Crippen molar-refractivity contribution in [1.29, 1.82) is 0 Å². The summed E-state index contributed by atoms with van der Waals surface area (Å²) in [6.45, 7) is 3.73. The zero-order valence-corrected chi connectivity index (χ0v) is 12.0. The van der Waals surface area contributed by atoms with E-state index >= 15 is 0 Å². The number of carbonyl (C=O) groups is 1. The summed E-state index contributed by atoms with van der Waals surface area (Å²) >= 11 is 0. The highest BCUT2D eigenvalue weighted by molar-refractivity contribution is 6.16. The molecule has 0 saturated carbocycles. The maximum absolute atomic E-state index is 14.2. The van der Waals surface area contributed by atoms with Gasteiger partial charge in [0.25, 0.3) is 0 Å². The van der Waals surface area contributed by atoms with Crippen LogP contribution in [0.5, 0.6) is 0 Å². The third-order valence-electron chi connectivity index (χ3n) is 3.86. The molecule has 0 aliphatic heterocycles. The lowest BCUT2D eigenvalue weighted by Crippen LogP contribution is -2.04. The van der Waals surface area contributed by atoms with E-state index in [1.807, 2.05) is 18.2 Å². The van der Waals surface area contributed by atoms with Crippen molar-refractivity contribution in [2.24, 2.45) is 0 Å². The first-order chi connectivity index (χ1) is 10.1. The summed E-state index contributed by atoms with van der Waals surface area (Å²) in [6.07, 6.45) is 2.55. The number of para-hydroxylation sites is 1. The van der Waals surface area contributed by atoms with Crippen molar-refractivity contribution in [2.45, 2.75) is 20.3 Å². The van der Waals surface area contributed by atoms with Gasteiger partial charge in [0.15, 0.2) is 5.78 Å². The Morgan fingerprint density at radius 2 is 1.90 bits per heavy atom. The Morgan fingerprint density at radius 1 is 1.14 bits per heavy atom. The van der Waals surface area contributed by atoms with Crippen molar-refractivity contribution >= 4 is 16.7 Å². The summed E-state index contributed by atoms with van der Waals surface area (Å²) in [5, 5.41) is 0.847. The van der Waals surface area contributed by atoms with Crippen LogP contribution in [0.1, 0.15) is 34.0 Å². The molecule has 3 rings (SSSR count). The minimum absolute atomic E-state index is 0.123. The SMILES string of the molecule is CCc1cccc2c(C(=O)c3cccc(C)c3F)c[nH]c12. The molecule has 106 valence electrons. The molecule has 1 aromatic heterocycles. The van der Waals surface area contributed by atoms with Crippen molar-refractivity contribution in [3.63, 3.8) is 0 Å². The number of benzene rings is 2. The summed E-state index contributed by atoms with van der Waals surface area (Å²) in [6, 6.07) is 10.8. The van der Waals surface area contributed by atoms with E-state index in [-0.39, 0.29) is 11.3 Å². The molecule has 0 amide bonds. The molecule has 21 heavy (non-hydrogen) atoms. The Balaban J connectivity index is 2.17. The highest BCUT2D eigenvalue weighted by Gasteiger charge is 2.19. The van der Waals surface area contributed by atoms with E-state index < -0.39 is 5.82 Å². The minimum Gasteiger partial charge on any atom is -0.360 e. The fourth-order valence-corrected chi connectivity index (χ4v) is 2.67. The first-order valence-corrected chi connectivity index (χ1v) is 7.02. The lowest BCUT2D eigenvalue weighted by molar-refractivity contribution is 0.103. The fourth-order valence-electron chi connectivity index (χ4n) is 2.67. The number of carbonyl (C=O) groups excluding carboxylic acids is 1. The third-order valence-corrected chi connectivity index (χ3v) is 3.86. The van der Waals surface area contributed by atoms with Crippen LogP contribution in [0.2, 0.25) is 0 Å². The Labute approximate surface area is 122 Å². The standard InChI is InChI=1S/C18H16FNO/c1-3-12-7-5-8-13-15(10-20-17(12)13)18(21)14-9-4-6-11(2)16(14)19/h4-10,20H,3H2,1-2H3. The van der Waals surface area contributed by atoms with E-state index in [0.29, 0.717) is 11.1 Å². The van der Waals surface area contributed by atoms with Gasteiger partial charge in [-0.15, -0.1) is 0 Å². The molecule has 3 aromatic rings. The van der Waals surface area contributed by atoms with Gasteiger partial charge in [-0.1, -0.05) is 37.3 Å². The summed E-state index contributed by atoms with van der Waals surface area (Å²) in [5.41, 5.74) is 3.23. The molecule has 2 aromatic carbocycles. The van der Waals surface area contributed by atoms with Crippen molar-refractivity contribution in [3.05, 3.63) is 70.7 Å². The van der Waals surface area contributed by atoms with Crippen LogP contribution in [0.4, 0.5) is 4.39 Å². The van der Waals surface area contributed by atoms with Crippen LogP contribution in [0.25, 0.3) is 10.9 Å². The van der Waals surface area contributed by atoms with Crippen molar-refractivity contribution < 1.29 is 9.18 Å². The van der Waals surface area contributed by atoms with Gasteiger partial charge in [-0.05, 0) is 30.5 Å². The molecule has 1 N–H and O–H groups in total. The molecule has 0 fully saturated rings. The number of hydrogen-bond acceptors (Lipinski definition) is 1. The second kappa shape index (κ2) is 5.17. The summed E-state index contributed by atoms with van der Waals surface area (Å²) in [4.78, 5) is 15.8. The number of aryl methyl sites for hydroxylation is 2. The number of aromatic nitrogens is 1. The van der Waals surface area contributed by atoms with Gasteiger partial charge in [0.2, 0.25) is 0 Å². The largest absolute Gasteiger partial charge is 0.360 e. The molecule has 0 aliphatic rings. The number of rotatable bonds is 3. The van der Waals surface area contributed by atoms with E-state index in [9.17, 15) is 9.18 Å². The average Bonchev–Trinajstić information content (AvgIpc) is 2.93. The van der Waals surface area contributed by atoms with Gasteiger partial charge in [0, 0.05) is 22.7 Å². The molecule has 1 heterocycles. The number of aromatic amines is 1. The molecule has 0 spiro atoms. The monoisotopic (exact) mass is 281 g/mol. The predicted octanol–water partition coefficient (Wildman–Crippen LogP) is 4.41. The van der Waals surface area contributed by atoms with Gasteiger partial charge < -0.3 is 4.98 Å². The van der Waals surface area contributed by atoms with Crippen molar-refractivity contribution in [1.82, 2.24) is 4.98 Å². The fraction of sp³-hybridized carbons (Fsp3) is 0.167. The molecule has 0 atom stereocenters. The molecular weight excluding hydrogens is 265 g/mol. The highest BCUT2D eigenvalue weighted by Crippen LogP contribution is 2.25. The van der Waals surface area contributed by atoms with E-state index in [2.05, 4.69) is 11.9 Å². The van der Waals surface area contributed by atoms with E-state index in [1.165, 1.54) is 6.07 Å². The molecular formula is C18H16FNO. The zero-order valence-electron chi connectivity index (χ0n) is 12.0. The maximum atomic E-state index is 14.2. The number of nitrogens with one attached hydrogen (secondary N) is 1. The van der Waals surface area contributed by atoms with Crippen molar-refractivity contribution in [2.75, 3.05) is 0 Å². The topological polar surface area (TPSA) is 32.9 Å². The number of hydrogen-bond donors (Lipinski definition) is 1. The quantitative estimate of drug-likeness (QED) is 0.709. The Bertz CT molecular complexity index is 832. The van der Waals surface area contributed by atoms with Gasteiger partial charge in [-0.3, -0.25) is 4.79 Å². The van der Waals surface area contributed by atoms with E-state index in [4.69, 9.17) is 0 Å². The smallest absolute Gasteiger partial charge is 0.198 e. The van der Waals surface area contributed by atoms with Crippen LogP contribution in [-0.2, 0) is 6.42 Å². The number of fused-ring (bicyclic) bond motifs is 1. The number of H-pyrrole nitrogens is 1. The Kier molecular flexibility index (Phi) is 3.34. The molecule has 0 unspecified atom stereocenters. The molecule has 2 nitrogen and oxygen atoms in total. The molecule has 0 radical (unpaired) electrons. The Morgan fingerprint density at radius 3 is 2.67 bits per heavy atom. The van der Waals surface area contributed by atoms with E-state index in [0.717, 1.165) is 22.9 Å². The molecule has 0 saturated heterocycles. The van der Waals surface area contributed by atoms with Gasteiger partial charge in [0.1, 0.15) is 5.82 Å². The predicted molar refractivity (Wildman–Crippen MR) is 82.2 cm³/mol. The maximum Gasteiger partial charge on any atom is 0.198 e. The molecule has 0 bridgehead atoms. The average molecular weight is 281 g/mol. The van der Waals surface area contributed by atoms with Gasteiger partial charge in [0.05, 0.1) is 5.56 Å². The normalized spacial score (nSPS) is 11.0. The van der Waals surface area contributed by atoms with Crippen LogP contribution in [0.15, 0.2) is 42.6 Å².